The molecule has 0 bridgehead atoms. The summed E-state index contributed by atoms with van der Waals surface area (Å²) in [6.45, 7) is 2.76. The number of H-pyrrole nitrogens is 1. The first-order valence-electron chi connectivity index (χ1n) is 8.02. The van der Waals surface area contributed by atoms with Crippen molar-refractivity contribution in [3.63, 3.8) is 0 Å². The van der Waals surface area contributed by atoms with Gasteiger partial charge in [-0.1, -0.05) is 0 Å². The monoisotopic (exact) mass is 342 g/mol. The lowest BCUT2D eigenvalue weighted by Gasteiger charge is -2.17. The molecule has 4 rings (SSSR count). The highest BCUT2D eigenvalue weighted by molar-refractivity contribution is 7.08. The fourth-order valence-corrected chi connectivity index (χ4v) is 3.45. The molecule has 1 amide bonds. The molecule has 124 valence electrons. The van der Waals surface area contributed by atoms with Gasteiger partial charge in [0.2, 0.25) is 0 Å². The van der Waals surface area contributed by atoms with Gasteiger partial charge in [0.1, 0.15) is 17.8 Å². The Labute approximate surface area is 143 Å². The summed E-state index contributed by atoms with van der Waals surface area (Å²) in [5.41, 5.74) is 2.25. The first kappa shape index (κ1) is 15.1. The van der Waals surface area contributed by atoms with E-state index in [0.717, 1.165) is 36.5 Å². The Morgan fingerprint density at radius 2 is 2.42 bits per heavy atom. The second kappa shape index (κ2) is 6.20. The van der Waals surface area contributed by atoms with Crippen molar-refractivity contribution in [2.24, 2.45) is 5.92 Å². The fourth-order valence-electron chi connectivity index (χ4n) is 2.80. The number of carbonyl (C=O) groups excluding carboxylic acids is 1. The number of aryl methyl sites for hydroxylation is 1. The number of rotatable bonds is 6. The molecular weight excluding hydrogens is 324 g/mol. The zero-order valence-electron chi connectivity index (χ0n) is 13.3. The van der Waals surface area contributed by atoms with Gasteiger partial charge in [-0.3, -0.25) is 9.89 Å². The third kappa shape index (κ3) is 2.84. The third-order valence-corrected chi connectivity index (χ3v) is 4.93. The molecule has 1 aliphatic carbocycles. The predicted octanol–water partition coefficient (Wildman–Crippen LogP) is 2.63. The van der Waals surface area contributed by atoms with Crippen LogP contribution in [0.15, 0.2) is 29.2 Å². The summed E-state index contributed by atoms with van der Waals surface area (Å²) in [7, 11) is 0. The van der Waals surface area contributed by atoms with E-state index in [9.17, 15) is 4.79 Å². The summed E-state index contributed by atoms with van der Waals surface area (Å²) in [4.78, 5) is 17.0. The predicted molar refractivity (Wildman–Crippen MR) is 90.5 cm³/mol. The minimum absolute atomic E-state index is 0.104. The molecule has 1 aliphatic rings. The van der Waals surface area contributed by atoms with Crippen LogP contribution < -0.4 is 5.32 Å². The summed E-state index contributed by atoms with van der Waals surface area (Å²) in [6.07, 6.45) is 3.75. The molecule has 0 unspecified atom stereocenters. The van der Waals surface area contributed by atoms with Gasteiger partial charge in [0.05, 0.1) is 11.7 Å². The molecule has 24 heavy (non-hydrogen) atoms. The Balaban J connectivity index is 1.54. The highest BCUT2D eigenvalue weighted by atomic mass is 32.1. The Morgan fingerprint density at radius 3 is 3.12 bits per heavy atom. The highest BCUT2D eigenvalue weighted by Crippen LogP contribution is 2.40. The van der Waals surface area contributed by atoms with Gasteiger partial charge in [0.25, 0.3) is 5.91 Å². The minimum atomic E-state index is -0.161. The van der Waals surface area contributed by atoms with E-state index in [1.807, 2.05) is 28.4 Å². The van der Waals surface area contributed by atoms with E-state index in [2.05, 4.69) is 25.6 Å². The van der Waals surface area contributed by atoms with Crippen LogP contribution in [0, 0.1) is 5.92 Å². The molecule has 8 heteroatoms. The molecule has 1 atom stereocenters. The van der Waals surface area contributed by atoms with E-state index in [4.69, 9.17) is 0 Å². The number of thiophene rings is 1. The van der Waals surface area contributed by atoms with E-state index in [-0.39, 0.29) is 11.9 Å². The fraction of sp³-hybridized carbons (Fsp3) is 0.375. The van der Waals surface area contributed by atoms with Gasteiger partial charge in [0.15, 0.2) is 0 Å². The summed E-state index contributed by atoms with van der Waals surface area (Å²) in [5.74, 6) is 1.10. The van der Waals surface area contributed by atoms with Crippen molar-refractivity contribution >= 4 is 17.2 Å². The van der Waals surface area contributed by atoms with E-state index in [0.29, 0.717) is 11.6 Å². The molecule has 1 fully saturated rings. The lowest BCUT2D eigenvalue weighted by atomic mass is 10.1. The Kier molecular flexibility index (Phi) is 3.89. The SMILES string of the molecule is CCn1ncnc1[C@@H](NC(=O)c1cc(-c2ccsc2)n[nH]1)C1CC1. The molecule has 3 heterocycles. The van der Waals surface area contributed by atoms with Crippen molar-refractivity contribution < 1.29 is 4.79 Å². The Morgan fingerprint density at radius 1 is 1.54 bits per heavy atom. The van der Waals surface area contributed by atoms with Crippen LogP contribution in [0.25, 0.3) is 11.3 Å². The van der Waals surface area contributed by atoms with Crippen LogP contribution in [-0.2, 0) is 6.54 Å². The molecule has 3 aromatic heterocycles. The second-order valence-electron chi connectivity index (χ2n) is 5.90. The van der Waals surface area contributed by atoms with Crippen LogP contribution in [0.1, 0.15) is 42.1 Å². The normalized spacial score (nSPS) is 15.4. The van der Waals surface area contributed by atoms with Crippen molar-refractivity contribution in [3.05, 3.63) is 40.7 Å². The lowest BCUT2D eigenvalue weighted by molar-refractivity contribution is 0.0923. The topological polar surface area (TPSA) is 88.5 Å². The van der Waals surface area contributed by atoms with Gasteiger partial charge in [-0.25, -0.2) is 9.67 Å². The summed E-state index contributed by atoms with van der Waals surface area (Å²) in [5, 5.41) is 18.4. The van der Waals surface area contributed by atoms with Gasteiger partial charge in [0, 0.05) is 17.5 Å². The quantitative estimate of drug-likeness (QED) is 0.721. The van der Waals surface area contributed by atoms with Gasteiger partial charge in [-0.05, 0) is 43.2 Å². The minimum Gasteiger partial charge on any atom is -0.340 e. The van der Waals surface area contributed by atoms with Crippen molar-refractivity contribution in [1.29, 1.82) is 0 Å². The number of hydrogen-bond donors (Lipinski definition) is 2. The van der Waals surface area contributed by atoms with E-state index >= 15 is 0 Å². The van der Waals surface area contributed by atoms with E-state index in [1.54, 1.807) is 23.7 Å². The van der Waals surface area contributed by atoms with Crippen LogP contribution in [0.3, 0.4) is 0 Å². The molecule has 0 spiro atoms. The zero-order chi connectivity index (χ0) is 16.5. The molecule has 0 radical (unpaired) electrons. The lowest BCUT2D eigenvalue weighted by Crippen LogP contribution is -2.32. The second-order valence-corrected chi connectivity index (χ2v) is 6.68. The maximum Gasteiger partial charge on any atom is 0.269 e. The third-order valence-electron chi connectivity index (χ3n) is 4.24. The smallest absolute Gasteiger partial charge is 0.269 e. The van der Waals surface area contributed by atoms with Crippen molar-refractivity contribution in [2.75, 3.05) is 0 Å². The number of aromatic amines is 1. The number of nitrogens with one attached hydrogen (secondary N) is 2. The largest absolute Gasteiger partial charge is 0.340 e. The van der Waals surface area contributed by atoms with E-state index < -0.39 is 0 Å². The first-order valence-corrected chi connectivity index (χ1v) is 8.97. The Bertz CT molecular complexity index is 833. The van der Waals surface area contributed by atoms with Crippen molar-refractivity contribution in [1.82, 2.24) is 30.3 Å². The molecule has 1 saturated carbocycles. The average molecular weight is 342 g/mol. The standard InChI is InChI=1S/C16H18N6OS/c1-2-22-15(17-9-18-22)14(10-3-4-10)19-16(23)13-7-12(20-21-13)11-5-6-24-8-11/h5-10,14H,2-4H2,1H3,(H,19,23)(H,20,21)/t14-/m0/s1. The molecular formula is C16H18N6OS. The van der Waals surface area contributed by atoms with Gasteiger partial charge >= 0.3 is 0 Å². The number of hydrogen-bond acceptors (Lipinski definition) is 5. The molecule has 0 aliphatic heterocycles. The number of carbonyl (C=O) groups is 1. The van der Waals surface area contributed by atoms with Crippen LogP contribution >= 0.6 is 11.3 Å². The molecule has 0 aromatic carbocycles. The van der Waals surface area contributed by atoms with Crippen LogP contribution in [0.2, 0.25) is 0 Å². The maximum absolute atomic E-state index is 12.6. The molecule has 3 aromatic rings. The Hall–Kier alpha value is -2.48. The van der Waals surface area contributed by atoms with Crippen LogP contribution in [0.4, 0.5) is 0 Å². The van der Waals surface area contributed by atoms with Crippen molar-refractivity contribution in [2.45, 2.75) is 32.4 Å². The van der Waals surface area contributed by atoms with Crippen molar-refractivity contribution in [3.8, 4) is 11.3 Å². The van der Waals surface area contributed by atoms with Gasteiger partial charge in [-0.2, -0.15) is 21.5 Å². The van der Waals surface area contributed by atoms with Gasteiger partial charge in [-0.15, -0.1) is 0 Å². The maximum atomic E-state index is 12.6. The van der Waals surface area contributed by atoms with E-state index in [1.165, 1.54) is 0 Å². The number of nitrogens with zero attached hydrogens (tertiary/aromatic N) is 4. The molecule has 7 nitrogen and oxygen atoms in total. The number of amides is 1. The summed E-state index contributed by atoms with van der Waals surface area (Å²) in [6, 6.07) is 3.67. The van der Waals surface area contributed by atoms with Crippen LogP contribution in [-0.4, -0.2) is 30.9 Å². The molecule has 2 N–H and O–H groups in total. The molecule has 0 saturated heterocycles. The zero-order valence-corrected chi connectivity index (χ0v) is 14.1. The van der Waals surface area contributed by atoms with Crippen LogP contribution in [0.5, 0.6) is 0 Å². The highest BCUT2D eigenvalue weighted by Gasteiger charge is 2.36. The number of aromatic nitrogens is 5. The summed E-state index contributed by atoms with van der Waals surface area (Å²) < 4.78 is 1.84. The summed E-state index contributed by atoms with van der Waals surface area (Å²) >= 11 is 1.60. The first-order chi connectivity index (χ1) is 11.8. The average Bonchev–Trinajstić information content (AvgIpc) is 3.05. The van der Waals surface area contributed by atoms with Gasteiger partial charge < -0.3 is 5.32 Å².